The van der Waals surface area contributed by atoms with Gasteiger partial charge in [-0.15, -0.1) is 0 Å². The molecule has 0 aliphatic heterocycles. The van der Waals surface area contributed by atoms with E-state index in [1.165, 1.54) is 21.6 Å². The summed E-state index contributed by atoms with van der Waals surface area (Å²) in [6, 6.07) is 14.9. The van der Waals surface area contributed by atoms with Crippen LogP contribution in [0.4, 0.5) is 9.59 Å². The van der Waals surface area contributed by atoms with Crippen molar-refractivity contribution in [3.63, 3.8) is 0 Å². The lowest BCUT2D eigenvalue weighted by Gasteiger charge is -2.26. The Kier molecular flexibility index (Phi) is 9.41. The molecule has 2 amide bonds. The largest absolute Gasteiger partial charge is 0.480 e. The van der Waals surface area contributed by atoms with E-state index < -0.39 is 34.5 Å². The van der Waals surface area contributed by atoms with Crippen LogP contribution in [0.3, 0.4) is 0 Å². The van der Waals surface area contributed by atoms with Crippen molar-refractivity contribution in [3.8, 4) is 11.1 Å². The predicted octanol–water partition coefficient (Wildman–Crippen LogP) is 5.66. The lowest BCUT2D eigenvalue weighted by molar-refractivity contribution is -0.138. The minimum absolute atomic E-state index is 0.107. The quantitative estimate of drug-likeness (QED) is 0.327. The van der Waals surface area contributed by atoms with Gasteiger partial charge in [-0.2, -0.15) is 0 Å². The topological polar surface area (TPSA) is 114 Å². The Balaban J connectivity index is 1.48. The first kappa shape index (κ1) is 28.7. The van der Waals surface area contributed by atoms with Gasteiger partial charge in [0.15, 0.2) is 0 Å². The van der Waals surface area contributed by atoms with Crippen molar-refractivity contribution in [1.82, 2.24) is 10.6 Å². The van der Waals surface area contributed by atoms with Crippen molar-refractivity contribution in [2.75, 3.05) is 18.9 Å². The van der Waals surface area contributed by atoms with Gasteiger partial charge in [0.2, 0.25) is 0 Å². The molecule has 0 heterocycles. The van der Waals surface area contributed by atoms with Crippen LogP contribution in [0.15, 0.2) is 48.5 Å². The molecule has 0 saturated carbocycles. The van der Waals surface area contributed by atoms with Gasteiger partial charge >= 0.3 is 18.2 Å². The number of aliphatic carboxylic acids is 1. The Labute approximate surface area is 225 Å². The fourth-order valence-electron chi connectivity index (χ4n) is 3.85. The first-order chi connectivity index (χ1) is 17.4. The number of hydrogen-bond donors (Lipinski definition) is 3. The monoisotopic (exact) mass is 546 g/mol. The van der Waals surface area contributed by atoms with E-state index in [0.29, 0.717) is 6.54 Å². The standard InChI is InChI=1S/C27H34N2O6S2/c1-26(2,3)35-24(32)28-16-27(4,5)37-36-15-22(23(30)31)29-25(33)34-14-21-19-12-8-6-10-17(19)18-11-7-9-13-20(18)21/h6-13,21-22H,14-16H2,1-5H3,(H,28,32)(H,29,33)(H,30,31)/t22-/m0/s1. The third kappa shape index (κ3) is 8.33. The summed E-state index contributed by atoms with van der Waals surface area (Å²) < 4.78 is 10.3. The number of ether oxygens (including phenoxy) is 2. The van der Waals surface area contributed by atoms with Crippen LogP contribution < -0.4 is 10.6 Å². The van der Waals surface area contributed by atoms with Crippen molar-refractivity contribution >= 4 is 39.7 Å². The maximum Gasteiger partial charge on any atom is 0.407 e. The number of hydrogen-bond acceptors (Lipinski definition) is 7. The Bertz CT molecular complexity index is 1090. The predicted molar refractivity (Wildman–Crippen MR) is 148 cm³/mol. The molecule has 200 valence electrons. The van der Waals surface area contributed by atoms with Gasteiger partial charge < -0.3 is 25.2 Å². The van der Waals surface area contributed by atoms with Gasteiger partial charge in [0, 0.05) is 23.0 Å². The van der Waals surface area contributed by atoms with Crippen LogP contribution >= 0.6 is 21.6 Å². The molecular weight excluding hydrogens is 512 g/mol. The SMILES string of the molecule is CC(C)(C)OC(=O)NCC(C)(C)SSC[C@H](NC(=O)OCC1c2ccccc2-c2ccccc21)C(=O)O. The molecule has 3 rings (SSSR count). The highest BCUT2D eigenvalue weighted by Gasteiger charge is 2.30. The summed E-state index contributed by atoms with van der Waals surface area (Å²) in [5.41, 5.74) is 3.82. The number of rotatable bonds is 10. The number of fused-ring (bicyclic) bond motifs is 3. The van der Waals surface area contributed by atoms with Crippen LogP contribution in [0, 0.1) is 0 Å². The van der Waals surface area contributed by atoms with E-state index in [1.54, 1.807) is 20.8 Å². The van der Waals surface area contributed by atoms with Crippen LogP contribution in [0.1, 0.15) is 51.7 Å². The molecule has 1 aliphatic rings. The molecule has 1 atom stereocenters. The molecule has 0 fully saturated rings. The summed E-state index contributed by atoms with van der Waals surface area (Å²) in [4.78, 5) is 36.2. The van der Waals surface area contributed by atoms with Crippen molar-refractivity contribution in [2.45, 2.75) is 56.9 Å². The Morgan fingerprint density at radius 2 is 1.51 bits per heavy atom. The number of alkyl carbamates (subject to hydrolysis) is 2. The first-order valence-corrected chi connectivity index (χ1v) is 14.3. The minimum Gasteiger partial charge on any atom is -0.480 e. The second-order valence-corrected chi connectivity index (χ2v) is 13.4. The molecular formula is C27H34N2O6S2. The highest BCUT2D eigenvalue weighted by Crippen LogP contribution is 2.44. The van der Waals surface area contributed by atoms with Crippen molar-refractivity contribution in [3.05, 3.63) is 59.7 Å². The number of carboxylic acids is 1. The smallest absolute Gasteiger partial charge is 0.407 e. The van der Waals surface area contributed by atoms with Gasteiger partial charge in [-0.05, 0) is 56.9 Å². The van der Waals surface area contributed by atoms with Crippen LogP contribution in [0.5, 0.6) is 0 Å². The molecule has 2 aromatic carbocycles. The first-order valence-electron chi connectivity index (χ1n) is 12.0. The van der Waals surface area contributed by atoms with Gasteiger partial charge in [0.1, 0.15) is 18.2 Å². The van der Waals surface area contributed by atoms with Gasteiger partial charge in [0.25, 0.3) is 0 Å². The maximum absolute atomic E-state index is 12.5. The molecule has 10 heteroatoms. The number of carboxylic acid groups (broad SMARTS) is 1. The molecule has 37 heavy (non-hydrogen) atoms. The molecule has 0 saturated heterocycles. The Morgan fingerprint density at radius 1 is 0.946 bits per heavy atom. The second-order valence-electron chi connectivity index (χ2n) is 10.3. The van der Waals surface area contributed by atoms with Gasteiger partial charge in [-0.3, -0.25) is 0 Å². The number of amides is 2. The zero-order valence-corrected chi connectivity index (χ0v) is 23.3. The number of carbonyl (C=O) groups is 3. The Morgan fingerprint density at radius 3 is 2.05 bits per heavy atom. The van der Waals surface area contributed by atoms with E-state index in [4.69, 9.17) is 9.47 Å². The van der Waals surface area contributed by atoms with E-state index in [-0.39, 0.29) is 18.3 Å². The fraction of sp³-hybridized carbons (Fsp3) is 0.444. The molecule has 1 aliphatic carbocycles. The molecule has 0 spiro atoms. The second kappa shape index (κ2) is 12.1. The van der Waals surface area contributed by atoms with E-state index in [2.05, 4.69) is 10.6 Å². The summed E-state index contributed by atoms with van der Waals surface area (Å²) >= 11 is 0. The summed E-state index contributed by atoms with van der Waals surface area (Å²) in [6.45, 7) is 9.66. The number of nitrogens with one attached hydrogen (secondary N) is 2. The zero-order chi connectivity index (χ0) is 27.2. The van der Waals surface area contributed by atoms with Crippen molar-refractivity contribution < 1.29 is 29.0 Å². The van der Waals surface area contributed by atoms with Gasteiger partial charge in [-0.25, -0.2) is 14.4 Å². The van der Waals surface area contributed by atoms with Crippen LogP contribution in [0.25, 0.3) is 11.1 Å². The van der Waals surface area contributed by atoms with Crippen LogP contribution in [0.2, 0.25) is 0 Å². The Hall–Kier alpha value is -2.85. The number of carbonyl (C=O) groups excluding carboxylic acids is 2. The van der Waals surface area contributed by atoms with E-state index in [0.717, 1.165) is 22.3 Å². The third-order valence-electron chi connectivity index (χ3n) is 5.51. The lowest BCUT2D eigenvalue weighted by atomic mass is 9.98. The molecule has 8 nitrogen and oxygen atoms in total. The average molecular weight is 547 g/mol. The van der Waals surface area contributed by atoms with E-state index >= 15 is 0 Å². The molecule has 3 N–H and O–H groups in total. The number of benzene rings is 2. The summed E-state index contributed by atoms with van der Waals surface area (Å²) in [5, 5.41) is 14.8. The molecule has 0 radical (unpaired) electrons. The minimum atomic E-state index is -1.15. The zero-order valence-electron chi connectivity index (χ0n) is 21.7. The van der Waals surface area contributed by atoms with Crippen LogP contribution in [-0.2, 0) is 14.3 Å². The van der Waals surface area contributed by atoms with Crippen molar-refractivity contribution in [1.29, 1.82) is 0 Å². The van der Waals surface area contributed by atoms with Gasteiger partial charge in [0.05, 0.1) is 0 Å². The molecule has 0 unspecified atom stereocenters. The van der Waals surface area contributed by atoms with Crippen LogP contribution in [-0.4, -0.2) is 58.6 Å². The van der Waals surface area contributed by atoms with Gasteiger partial charge in [-0.1, -0.05) is 70.1 Å². The summed E-state index contributed by atoms with van der Waals surface area (Å²) in [6.07, 6.45) is -1.28. The third-order valence-corrected chi connectivity index (χ3v) is 8.81. The van der Waals surface area contributed by atoms with E-state index in [9.17, 15) is 19.5 Å². The lowest BCUT2D eigenvalue weighted by Crippen LogP contribution is -2.43. The van der Waals surface area contributed by atoms with E-state index in [1.807, 2.05) is 62.4 Å². The molecule has 0 bridgehead atoms. The highest BCUT2D eigenvalue weighted by molar-refractivity contribution is 8.77. The normalized spacial score (nSPS) is 13.8. The molecule has 2 aromatic rings. The fourth-order valence-corrected chi connectivity index (χ4v) is 6.47. The highest BCUT2D eigenvalue weighted by atomic mass is 33.1. The molecule has 0 aromatic heterocycles. The van der Waals surface area contributed by atoms with Crippen molar-refractivity contribution in [2.24, 2.45) is 0 Å². The summed E-state index contributed by atoms with van der Waals surface area (Å²) in [5.74, 6) is -1.13. The summed E-state index contributed by atoms with van der Waals surface area (Å²) in [7, 11) is 2.72. The average Bonchev–Trinajstić information content (AvgIpc) is 3.13. The maximum atomic E-state index is 12.5.